The molecule has 0 amide bonds. The Morgan fingerprint density at radius 2 is 2.00 bits per heavy atom. The third-order valence-corrected chi connectivity index (χ3v) is 3.66. The second-order valence-electron chi connectivity index (χ2n) is 6.90. The Bertz CT molecular complexity index is 600. The van der Waals surface area contributed by atoms with Gasteiger partial charge in [0.25, 0.3) is 0 Å². The summed E-state index contributed by atoms with van der Waals surface area (Å²) in [4.78, 5) is 2.14. The zero-order valence-corrected chi connectivity index (χ0v) is 16.1. The van der Waals surface area contributed by atoms with Crippen molar-refractivity contribution in [1.29, 1.82) is 5.53 Å². The molecule has 0 bridgehead atoms. The summed E-state index contributed by atoms with van der Waals surface area (Å²) in [5.41, 5.74) is 11.5. The van der Waals surface area contributed by atoms with Gasteiger partial charge in [0.05, 0.1) is 5.69 Å². The Labute approximate surface area is 149 Å². The monoisotopic (exact) mass is 378 g/mol. The summed E-state index contributed by atoms with van der Waals surface area (Å²) in [5.74, 6) is 0. The summed E-state index contributed by atoms with van der Waals surface area (Å²) in [6, 6.07) is 6.04. The van der Waals surface area contributed by atoms with Crippen molar-refractivity contribution in [1.82, 2.24) is 0 Å². The van der Waals surface area contributed by atoms with Crippen molar-refractivity contribution >= 4 is 34.0 Å². The van der Waals surface area contributed by atoms with E-state index in [1.54, 1.807) is 0 Å². The minimum Gasteiger partial charge on any atom is -0.383 e. The maximum Gasteiger partial charge on any atom is 0.110 e. The number of anilines is 2. The van der Waals surface area contributed by atoms with Gasteiger partial charge in [0.1, 0.15) is 5.69 Å². The first kappa shape index (κ1) is 19.4. The van der Waals surface area contributed by atoms with Crippen LogP contribution in [0, 0.1) is 10.9 Å². The molecule has 0 heterocycles. The first-order chi connectivity index (χ1) is 10.4. The highest BCUT2D eigenvalue weighted by Crippen LogP contribution is 2.32. The van der Waals surface area contributed by atoms with Crippen LogP contribution in [0.2, 0.25) is 0 Å². The molecule has 1 aliphatic carbocycles. The van der Waals surface area contributed by atoms with Gasteiger partial charge in [-0.1, -0.05) is 32.9 Å². The van der Waals surface area contributed by atoms with Gasteiger partial charge in [0.15, 0.2) is 0 Å². The molecule has 0 aromatic heterocycles. The van der Waals surface area contributed by atoms with Crippen molar-refractivity contribution in [3.05, 3.63) is 42.1 Å². The highest BCUT2D eigenvalue weighted by atomic mass is 79.9. The zero-order valence-electron chi connectivity index (χ0n) is 14.4. The van der Waals surface area contributed by atoms with Crippen molar-refractivity contribution in [2.24, 2.45) is 10.5 Å². The number of allylic oxidation sites excluding steroid dienone is 3. The van der Waals surface area contributed by atoms with Gasteiger partial charge in [-0.3, -0.25) is 0 Å². The van der Waals surface area contributed by atoms with Gasteiger partial charge in [-0.25, -0.2) is 5.53 Å². The molecule has 2 rings (SSSR count). The van der Waals surface area contributed by atoms with Crippen molar-refractivity contribution < 1.29 is 0 Å². The van der Waals surface area contributed by atoms with Gasteiger partial charge >= 0.3 is 0 Å². The summed E-state index contributed by atoms with van der Waals surface area (Å²) in [5, 5.41) is 7.07. The third kappa shape index (κ3) is 5.50. The molecule has 0 fully saturated rings. The Morgan fingerprint density at radius 1 is 1.26 bits per heavy atom. The molecule has 1 aliphatic rings. The minimum absolute atomic E-state index is 0. The lowest BCUT2D eigenvalue weighted by molar-refractivity contribution is 0.443. The van der Waals surface area contributed by atoms with Gasteiger partial charge in [-0.05, 0) is 42.5 Å². The lowest BCUT2D eigenvalue weighted by atomic mass is 9.97. The predicted molar refractivity (Wildman–Crippen MR) is 104 cm³/mol. The minimum atomic E-state index is 0. The van der Waals surface area contributed by atoms with Crippen LogP contribution < -0.4 is 10.2 Å². The molecule has 0 saturated carbocycles. The smallest absolute Gasteiger partial charge is 0.110 e. The topological polar surface area (TPSA) is 51.5 Å². The van der Waals surface area contributed by atoms with E-state index in [-0.39, 0.29) is 22.4 Å². The molecule has 1 aromatic carbocycles. The van der Waals surface area contributed by atoms with E-state index in [2.05, 4.69) is 60.4 Å². The first-order valence-electron chi connectivity index (χ1n) is 7.76. The van der Waals surface area contributed by atoms with E-state index in [9.17, 15) is 0 Å². The maximum absolute atomic E-state index is 7.44. The van der Waals surface area contributed by atoms with E-state index in [0.29, 0.717) is 5.69 Å². The molecule has 2 N–H and O–H groups in total. The van der Waals surface area contributed by atoms with Crippen LogP contribution in [0.4, 0.5) is 17.1 Å². The summed E-state index contributed by atoms with van der Waals surface area (Å²) < 4.78 is 0. The molecule has 5 heteroatoms. The van der Waals surface area contributed by atoms with Crippen LogP contribution in [0.1, 0.15) is 33.6 Å². The van der Waals surface area contributed by atoms with Crippen LogP contribution in [0.15, 0.2) is 47.2 Å². The summed E-state index contributed by atoms with van der Waals surface area (Å²) >= 11 is 0. The lowest BCUT2D eigenvalue weighted by Crippen LogP contribution is -2.19. The van der Waals surface area contributed by atoms with Crippen molar-refractivity contribution in [2.75, 3.05) is 23.8 Å². The van der Waals surface area contributed by atoms with E-state index in [0.717, 1.165) is 30.8 Å². The van der Waals surface area contributed by atoms with Gasteiger partial charge in [-0.2, -0.15) is 5.11 Å². The Balaban J connectivity index is 0.00000264. The second kappa shape index (κ2) is 8.29. The number of benzene rings is 1. The van der Waals surface area contributed by atoms with Gasteiger partial charge in [0, 0.05) is 25.0 Å². The van der Waals surface area contributed by atoms with Crippen LogP contribution in [-0.2, 0) is 0 Å². The second-order valence-corrected chi connectivity index (χ2v) is 6.90. The fourth-order valence-electron chi connectivity index (χ4n) is 2.33. The summed E-state index contributed by atoms with van der Waals surface area (Å²) in [6.45, 7) is 7.39. The van der Waals surface area contributed by atoms with Crippen LogP contribution >= 0.6 is 17.0 Å². The van der Waals surface area contributed by atoms with E-state index in [4.69, 9.17) is 5.53 Å². The number of halogens is 1. The standard InChI is InChI=1S/C18H26N4.BrH/c1-18(2,3)13-20-16-11-10-15(12-17(16)21-19)22(4)14-8-6-5-7-9-14;/h6,8-12,19-20H,5,7,13H2,1-4H3;1H. The number of rotatable bonds is 5. The average molecular weight is 379 g/mol. The molecule has 0 saturated heterocycles. The summed E-state index contributed by atoms with van der Waals surface area (Å²) in [7, 11) is 2.05. The van der Waals surface area contributed by atoms with Crippen molar-refractivity contribution in [3.8, 4) is 0 Å². The molecular weight excluding hydrogens is 352 g/mol. The zero-order chi connectivity index (χ0) is 16.2. The number of nitrogens with zero attached hydrogens (tertiary/aromatic N) is 2. The van der Waals surface area contributed by atoms with E-state index in [1.165, 1.54) is 5.70 Å². The predicted octanol–water partition coefficient (Wildman–Crippen LogP) is 6.06. The van der Waals surface area contributed by atoms with E-state index >= 15 is 0 Å². The molecular formula is C18H27BrN4. The Morgan fingerprint density at radius 3 is 2.57 bits per heavy atom. The molecule has 0 radical (unpaired) electrons. The van der Waals surface area contributed by atoms with Gasteiger partial charge < -0.3 is 10.2 Å². The molecule has 4 nitrogen and oxygen atoms in total. The highest BCUT2D eigenvalue weighted by Gasteiger charge is 2.13. The third-order valence-electron chi connectivity index (χ3n) is 3.66. The maximum atomic E-state index is 7.44. The SMILES string of the molecule is Br.CN(C1=CCCC=C1)c1ccc(NCC(C)(C)C)c(N=N)c1. The van der Waals surface area contributed by atoms with Crippen LogP contribution in [0.5, 0.6) is 0 Å². The number of hydrogen-bond acceptors (Lipinski definition) is 4. The normalized spacial score (nSPS) is 13.8. The molecule has 0 unspecified atom stereocenters. The molecule has 23 heavy (non-hydrogen) atoms. The number of hydrogen-bond donors (Lipinski definition) is 2. The Kier molecular flexibility index (Phi) is 7.01. The fourth-order valence-corrected chi connectivity index (χ4v) is 2.33. The van der Waals surface area contributed by atoms with Gasteiger partial charge in [0.2, 0.25) is 0 Å². The number of nitrogens with one attached hydrogen (secondary N) is 2. The Hall–Kier alpha value is -1.62. The largest absolute Gasteiger partial charge is 0.383 e. The highest BCUT2D eigenvalue weighted by molar-refractivity contribution is 8.93. The average Bonchev–Trinajstić information content (AvgIpc) is 2.52. The molecule has 0 spiro atoms. The van der Waals surface area contributed by atoms with Crippen molar-refractivity contribution in [3.63, 3.8) is 0 Å². The summed E-state index contributed by atoms with van der Waals surface area (Å²) in [6.07, 6.45) is 8.77. The first-order valence-corrected chi connectivity index (χ1v) is 7.76. The van der Waals surface area contributed by atoms with Crippen LogP contribution in [0.3, 0.4) is 0 Å². The van der Waals surface area contributed by atoms with Crippen LogP contribution in [0.25, 0.3) is 0 Å². The molecule has 126 valence electrons. The van der Waals surface area contributed by atoms with Gasteiger partial charge in [-0.15, -0.1) is 17.0 Å². The molecule has 0 aliphatic heterocycles. The molecule has 0 atom stereocenters. The molecule has 1 aromatic rings. The van der Waals surface area contributed by atoms with E-state index in [1.807, 2.05) is 19.2 Å². The fraction of sp³-hybridized carbons (Fsp3) is 0.444. The van der Waals surface area contributed by atoms with Crippen LogP contribution in [-0.4, -0.2) is 13.6 Å². The van der Waals surface area contributed by atoms with E-state index < -0.39 is 0 Å². The number of likely N-dealkylation sites (N-methyl/N-ethyl adjacent to an activating group) is 1. The van der Waals surface area contributed by atoms with Crippen molar-refractivity contribution in [2.45, 2.75) is 33.6 Å². The quantitative estimate of drug-likeness (QED) is 0.612. The lowest BCUT2D eigenvalue weighted by Gasteiger charge is -2.24.